The number of para-hydroxylation sites is 1. The molecular weight excluding hydrogens is 234 g/mol. The van der Waals surface area contributed by atoms with Crippen LogP contribution in [0.25, 0.3) is 0 Å². The van der Waals surface area contributed by atoms with Gasteiger partial charge >= 0.3 is 0 Å². The SMILES string of the molecule is O=CO.Oc1ccccc1.[V].[V]. The average molecular weight is 242 g/mol. The van der Waals surface area contributed by atoms with Crippen molar-refractivity contribution in [3.63, 3.8) is 0 Å². The maximum Gasteiger partial charge on any atom is 0.290 e. The Kier molecular flexibility index (Phi) is 19.5. The van der Waals surface area contributed by atoms with Gasteiger partial charge in [0.2, 0.25) is 0 Å². The van der Waals surface area contributed by atoms with E-state index in [4.69, 9.17) is 15.0 Å². The second-order valence-electron chi connectivity index (χ2n) is 1.44. The first kappa shape index (κ1) is 17.7. The first-order valence-corrected chi connectivity index (χ1v) is 2.63. The van der Waals surface area contributed by atoms with E-state index >= 15 is 0 Å². The predicted octanol–water partition coefficient (Wildman–Crippen LogP) is 1.09. The Morgan fingerprint density at radius 3 is 1.58 bits per heavy atom. The van der Waals surface area contributed by atoms with Gasteiger partial charge in [0.25, 0.3) is 6.47 Å². The number of phenols is 1. The topological polar surface area (TPSA) is 57.5 Å². The fourth-order valence-corrected chi connectivity index (χ4v) is 0.428. The minimum absolute atomic E-state index is 0. The molecule has 64 valence electrons. The van der Waals surface area contributed by atoms with E-state index in [0.717, 1.165) is 0 Å². The molecule has 0 spiro atoms. The molecular formula is C7H8O3V2. The number of hydrogen-bond acceptors (Lipinski definition) is 2. The van der Waals surface area contributed by atoms with Gasteiger partial charge < -0.3 is 10.2 Å². The Labute approximate surface area is 94.6 Å². The molecule has 0 aliphatic rings. The van der Waals surface area contributed by atoms with Crippen LogP contribution in [0.4, 0.5) is 0 Å². The Morgan fingerprint density at radius 1 is 1.08 bits per heavy atom. The molecule has 0 bridgehead atoms. The van der Waals surface area contributed by atoms with Gasteiger partial charge in [-0.3, -0.25) is 4.79 Å². The maximum atomic E-state index is 8.63. The van der Waals surface area contributed by atoms with Crippen molar-refractivity contribution in [1.82, 2.24) is 0 Å². The fourth-order valence-electron chi connectivity index (χ4n) is 0.428. The molecule has 0 saturated heterocycles. The third-order valence-corrected chi connectivity index (χ3v) is 0.756. The van der Waals surface area contributed by atoms with Crippen molar-refractivity contribution in [3.05, 3.63) is 30.3 Å². The van der Waals surface area contributed by atoms with Crippen molar-refractivity contribution in [2.75, 3.05) is 0 Å². The van der Waals surface area contributed by atoms with E-state index in [9.17, 15) is 0 Å². The van der Waals surface area contributed by atoms with Gasteiger partial charge in [0, 0.05) is 37.1 Å². The molecule has 0 amide bonds. The van der Waals surface area contributed by atoms with Gasteiger partial charge in [0.05, 0.1) is 0 Å². The van der Waals surface area contributed by atoms with Crippen molar-refractivity contribution >= 4 is 6.47 Å². The number of rotatable bonds is 0. The molecule has 1 aromatic rings. The van der Waals surface area contributed by atoms with Crippen LogP contribution in [0.5, 0.6) is 5.75 Å². The molecule has 2 radical (unpaired) electrons. The molecule has 12 heavy (non-hydrogen) atoms. The summed E-state index contributed by atoms with van der Waals surface area (Å²) < 4.78 is 0. The van der Waals surface area contributed by atoms with Gasteiger partial charge in [-0.05, 0) is 12.1 Å². The average Bonchev–Trinajstić information content (AvgIpc) is 1.91. The zero-order chi connectivity index (χ0) is 7.82. The molecule has 0 fully saturated rings. The quantitative estimate of drug-likeness (QED) is 0.669. The summed E-state index contributed by atoms with van der Waals surface area (Å²) in [6.07, 6.45) is 0. The summed E-state index contributed by atoms with van der Waals surface area (Å²) in [4.78, 5) is 8.36. The molecule has 0 unspecified atom stereocenters. The Balaban J connectivity index is -0.000000146. The van der Waals surface area contributed by atoms with Crippen molar-refractivity contribution in [3.8, 4) is 5.75 Å². The monoisotopic (exact) mass is 242 g/mol. The first-order chi connectivity index (χ1) is 4.81. The third kappa shape index (κ3) is 12.3. The van der Waals surface area contributed by atoms with Crippen LogP contribution in [0.15, 0.2) is 30.3 Å². The van der Waals surface area contributed by atoms with Crippen molar-refractivity contribution in [1.29, 1.82) is 0 Å². The number of carbonyl (C=O) groups is 1. The molecule has 0 aliphatic carbocycles. The van der Waals surface area contributed by atoms with Crippen molar-refractivity contribution in [2.24, 2.45) is 0 Å². The summed E-state index contributed by atoms with van der Waals surface area (Å²) in [6.45, 7) is -0.250. The number of aromatic hydroxyl groups is 1. The summed E-state index contributed by atoms with van der Waals surface area (Å²) in [5.41, 5.74) is 0. The van der Waals surface area contributed by atoms with E-state index in [1.54, 1.807) is 24.3 Å². The van der Waals surface area contributed by atoms with Crippen LogP contribution in [0.2, 0.25) is 0 Å². The minimum atomic E-state index is -0.250. The smallest absolute Gasteiger partial charge is 0.290 e. The molecule has 0 heterocycles. The van der Waals surface area contributed by atoms with Gasteiger partial charge in [-0.1, -0.05) is 18.2 Å². The van der Waals surface area contributed by atoms with Crippen molar-refractivity contribution < 1.29 is 52.1 Å². The summed E-state index contributed by atoms with van der Waals surface area (Å²) in [5.74, 6) is 0.322. The molecule has 0 atom stereocenters. The third-order valence-electron chi connectivity index (χ3n) is 0.756. The van der Waals surface area contributed by atoms with E-state index in [1.807, 2.05) is 6.07 Å². The molecule has 0 aromatic heterocycles. The van der Waals surface area contributed by atoms with Crippen molar-refractivity contribution in [2.45, 2.75) is 0 Å². The molecule has 3 nitrogen and oxygen atoms in total. The Bertz CT molecular complexity index is 179. The van der Waals surface area contributed by atoms with Crippen LogP contribution in [0.1, 0.15) is 0 Å². The van der Waals surface area contributed by atoms with Gasteiger partial charge in [-0.2, -0.15) is 0 Å². The van der Waals surface area contributed by atoms with Crippen LogP contribution in [-0.4, -0.2) is 16.7 Å². The molecule has 2 N–H and O–H groups in total. The largest absolute Gasteiger partial charge is 0.508 e. The second-order valence-corrected chi connectivity index (χ2v) is 1.44. The zero-order valence-electron chi connectivity index (χ0n) is 6.16. The predicted molar refractivity (Wildman–Crippen MR) is 36.8 cm³/mol. The number of phenolic OH excluding ortho intramolecular Hbond substituents is 1. The fraction of sp³-hybridized carbons (Fsp3) is 0. The van der Waals surface area contributed by atoms with Crippen LogP contribution >= 0.6 is 0 Å². The van der Waals surface area contributed by atoms with E-state index < -0.39 is 0 Å². The Morgan fingerprint density at radius 2 is 1.42 bits per heavy atom. The summed E-state index contributed by atoms with van der Waals surface area (Å²) in [5, 5.41) is 15.5. The van der Waals surface area contributed by atoms with Gasteiger partial charge in [0.1, 0.15) is 5.75 Å². The minimum Gasteiger partial charge on any atom is -0.508 e. The standard InChI is InChI=1S/C6H6O.CH2O2.2V/c7-6-4-2-1-3-5-6;2-1-3;;/h1-5,7H;1H,(H,2,3);;. The first-order valence-electron chi connectivity index (χ1n) is 2.63. The maximum absolute atomic E-state index is 8.63. The summed E-state index contributed by atoms with van der Waals surface area (Å²) >= 11 is 0. The van der Waals surface area contributed by atoms with Gasteiger partial charge in [-0.25, -0.2) is 0 Å². The van der Waals surface area contributed by atoms with Crippen LogP contribution in [0, 0.1) is 0 Å². The normalized spacial score (nSPS) is 6.00. The van der Waals surface area contributed by atoms with E-state index in [1.165, 1.54) is 0 Å². The second kappa shape index (κ2) is 13.3. The summed E-state index contributed by atoms with van der Waals surface area (Å²) in [6, 6.07) is 8.71. The number of benzene rings is 1. The van der Waals surface area contributed by atoms with E-state index in [-0.39, 0.29) is 43.6 Å². The molecule has 1 aromatic carbocycles. The molecule has 0 saturated carbocycles. The van der Waals surface area contributed by atoms with E-state index in [2.05, 4.69) is 0 Å². The van der Waals surface area contributed by atoms with Gasteiger partial charge in [0.15, 0.2) is 0 Å². The molecule has 0 aliphatic heterocycles. The van der Waals surface area contributed by atoms with Crippen LogP contribution in [-0.2, 0) is 41.9 Å². The zero-order valence-corrected chi connectivity index (χ0v) is 8.95. The Hall–Kier alpha value is -0.341. The number of hydrogen-bond donors (Lipinski definition) is 2. The molecule has 5 heteroatoms. The van der Waals surface area contributed by atoms with Crippen LogP contribution in [0.3, 0.4) is 0 Å². The van der Waals surface area contributed by atoms with E-state index in [0.29, 0.717) is 5.75 Å². The molecule has 1 rings (SSSR count). The van der Waals surface area contributed by atoms with Gasteiger partial charge in [-0.15, -0.1) is 0 Å². The number of carboxylic acid groups (broad SMARTS) is 1. The summed E-state index contributed by atoms with van der Waals surface area (Å²) in [7, 11) is 0. The van der Waals surface area contributed by atoms with Crippen LogP contribution < -0.4 is 0 Å².